The number of nitrogens with two attached hydrogens (primary N) is 1. The van der Waals surface area contributed by atoms with Gasteiger partial charge in [-0.3, -0.25) is 4.90 Å². The highest BCUT2D eigenvalue weighted by atomic mass is 16.5. The molecule has 1 aliphatic carbocycles. The average molecular weight is 248 g/mol. The Hall–Kier alpha value is -1.06. The summed E-state index contributed by atoms with van der Waals surface area (Å²) >= 11 is 0. The molecule has 1 unspecified atom stereocenters. The van der Waals surface area contributed by atoms with Crippen LogP contribution in [0, 0.1) is 0 Å². The maximum absolute atomic E-state index is 6.07. The second-order valence-corrected chi connectivity index (χ2v) is 5.25. The topological polar surface area (TPSA) is 38.5 Å². The SMILES string of the molecule is CCN(C)C1(CN)CCc2ccc(OC)cc2C1. The summed E-state index contributed by atoms with van der Waals surface area (Å²) in [6, 6.07) is 6.42. The third kappa shape index (κ3) is 2.25. The van der Waals surface area contributed by atoms with E-state index in [1.54, 1.807) is 7.11 Å². The van der Waals surface area contributed by atoms with Crippen LogP contribution in [0.1, 0.15) is 24.5 Å². The first-order valence-corrected chi connectivity index (χ1v) is 6.72. The van der Waals surface area contributed by atoms with Crippen LogP contribution >= 0.6 is 0 Å². The van der Waals surface area contributed by atoms with Crippen LogP contribution in [-0.4, -0.2) is 37.7 Å². The van der Waals surface area contributed by atoms with Gasteiger partial charge in [-0.2, -0.15) is 0 Å². The van der Waals surface area contributed by atoms with Gasteiger partial charge in [0.15, 0.2) is 0 Å². The van der Waals surface area contributed by atoms with Gasteiger partial charge in [-0.05, 0) is 56.1 Å². The lowest BCUT2D eigenvalue weighted by Crippen LogP contribution is -2.55. The van der Waals surface area contributed by atoms with E-state index in [-0.39, 0.29) is 5.54 Å². The molecular weight excluding hydrogens is 224 g/mol. The molecule has 2 N–H and O–H groups in total. The van der Waals surface area contributed by atoms with Crippen molar-refractivity contribution in [1.29, 1.82) is 0 Å². The summed E-state index contributed by atoms with van der Waals surface area (Å²) in [6.45, 7) is 3.95. The Morgan fingerprint density at radius 2 is 2.17 bits per heavy atom. The van der Waals surface area contributed by atoms with Gasteiger partial charge in [0.25, 0.3) is 0 Å². The molecule has 0 heterocycles. The Kier molecular flexibility index (Phi) is 3.93. The van der Waals surface area contributed by atoms with Crippen molar-refractivity contribution in [3.8, 4) is 5.75 Å². The molecule has 0 amide bonds. The molecular formula is C15H24N2O. The number of rotatable bonds is 4. The summed E-state index contributed by atoms with van der Waals surface area (Å²) in [4.78, 5) is 2.40. The summed E-state index contributed by atoms with van der Waals surface area (Å²) in [6.07, 6.45) is 3.29. The van der Waals surface area contributed by atoms with E-state index in [1.807, 2.05) is 0 Å². The molecule has 0 saturated heterocycles. The van der Waals surface area contributed by atoms with Crippen LogP contribution in [0.5, 0.6) is 5.75 Å². The molecule has 1 atom stereocenters. The zero-order chi connectivity index (χ0) is 13.2. The fourth-order valence-corrected chi connectivity index (χ4v) is 2.94. The van der Waals surface area contributed by atoms with E-state index in [2.05, 4.69) is 37.1 Å². The van der Waals surface area contributed by atoms with E-state index in [4.69, 9.17) is 10.5 Å². The predicted octanol–water partition coefficient (Wildman–Crippen LogP) is 1.83. The van der Waals surface area contributed by atoms with Gasteiger partial charge in [-0.1, -0.05) is 13.0 Å². The van der Waals surface area contributed by atoms with Gasteiger partial charge in [0, 0.05) is 12.1 Å². The number of likely N-dealkylation sites (N-methyl/N-ethyl adjacent to an activating group) is 1. The largest absolute Gasteiger partial charge is 0.497 e. The second-order valence-electron chi connectivity index (χ2n) is 5.25. The van der Waals surface area contributed by atoms with Crippen molar-refractivity contribution in [2.75, 3.05) is 27.2 Å². The summed E-state index contributed by atoms with van der Waals surface area (Å²) in [7, 11) is 3.90. The van der Waals surface area contributed by atoms with E-state index in [9.17, 15) is 0 Å². The molecule has 0 aromatic heterocycles. The predicted molar refractivity (Wildman–Crippen MR) is 75.1 cm³/mol. The van der Waals surface area contributed by atoms with Crippen LogP contribution in [0.25, 0.3) is 0 Å². The molecule has 100 valence electrons. The molecule has 1 aliphatic rings. The van der Waals surface area contributed by atoms with Crippen LogP contribution < -0.4 is 10.5 Å². The molecule has 0 bridgehead atoms. The molecule has 0 fully saturated rings. The van der Waals surface area contributed by atoms with E-state index >= 15 is 0 Å². The molecule has 1 aromatic carbocycles. The zero-order valence-electron chi connectivity index (χ0n) is 11.7. The van der Waals surface area contributed by atoms with E-state index in [1.165, 1.54) is 11.1 Å². The number of hydrogen-bond donors (Lipinski definition) is 1. The monoisotopic (exact) mass is 248 g/mol. The lowest BCUT2D eigenvalue weighted by atomic mass is 9.77. The molecule has 2 rings (SSSR count). The molecule has 3 nitrogen and oxygen atoms in total. The number of benzene rings is 1. The molecule has 0 aliphatic heterocycles. The Labute approximate surface area is 110 Å². The fourth-order valence-electron chi connectivity index (χ4n) is 2.94. The van der Waals surface area contributed by atoms with Crippen LogP contribution in [0.3, 0.4) is 0 Å². The van der Waals surface area contributed by atoms with Gasteiger partial charge in [0.1, 0.15) is 5.75 Å². The quantitative estimate of drug-likeness (QED) is 0.883. The van der Waals surface area contributed by atoms with Crippen LogP contribution in [-0.2, 0) is 12.8 Å². The lowest BCUT2D eigenvalue weighted by Gasteiger charge is -2.44. The van der Waals surface area contributed by atoms with Gasteiger partial charge < -0.3 is 10.5 Å². The summed E-state index contributed by atoms with van der Waals surface area (Å²) < 4.78 is 5.32. The minimum absolute atomic E-state index is 0.119. The number of methoxy groups -OCH3 is 1. The molecule has 0 saturated carbocycles. The lowest BCUT2D eigenvalue weighted by molar-refractivity contribution is 0.115. The van der Waals surface area contributed by atoms with Crippen molar-refractivity contribution in [3.63, 3.8) is 0 Å². The van der Waals surface area contributed by atoms with Crippen LogP contribution in [0.4, 0.5) is 0 Å². The third-order valence-electron chi connectivity index (χ3n) is 4.46. The highest BCUT2D eigenvalue weighted by molar-refractivity contribution is 5.39. The van der Waals surface area contributed by atoms with Crippen molar-refractivity contribution in [1.82, 2.24) is 4.90 Å². The number of nitrogens with zero attached hydrogens (tertiary/aromatic N) is 1. The van der Waals surface area contributed by atoms with E-state index in [0.717, 1.165) is 31.6 Å². The standard InChI is InChI=1S/C15H24N2O/c1-4-17(2)15(11-16)8-7-12-5-6-14(18-3)9-13(12)10-15/h5-6,9H,4,7-8,10-11,16H2,1-3H3. The first kappa shape index (κ1) is 13.4. The smallest absolute Gasteiger partial charge is 0.119 e. The first-order chi connectivity index (χ1) is 8.65. The van der Waals surface area contributed by atoms with Crippen molar-refractivity contribution in [2.45, 2.75) is 31.7 Å². The van der Waals surface area contributed by atoms with Crippen molar-refractivity contribution in [2.24, 2.45) is 5.73 Å². The minimum Gasteiger partial charge on any atom is -0.497 e. The maximum atomic E-state index is 6.07. The van der Waals surface area contributed by atoms with Gasteiger partial charge in [-0.15, -0.1) is 0 Å². The Morgan fingerprint density at radius 1 is 1.39 bits per heavy atom. The third-order valence-corrected chi connectivity index (χ3v) is 4.46. The molecule has 0 spiro atoms. The van der Waals surface area contributed by atoms with Crippen molar-refractivity contribution >= 4 is 0 Å². The Balaban J connectivity index is 2.31. The zero-order valence-corrected chi connectivity index (χ0v) is 11.7. The summed E-state index contributed by atoms with van der Waals surface area (Å²) in [5.41, 5.74) is 9.03. The summed E-state index contributed by atoms with van der Waals surface area (Å²) in [5, 5.41) is 0. The number of fused-ring (bicyclic) bond motifs is 1. The number of ether oxygens (including phenoxy) is 1. The first-order valence-electron chi connectivity index (χ1n) is 6.72. The average Bonchev–Trinajstić information content (AvgIpc) is 2.44. The highest BCUT2D eigenvalue weighted by Crippen LogP contribution is 2.33. The van der Waals surface area contributed by atoms with Gasteiger partial charge >= 0.3 is 0 Å². The molecule has 1 aromatic rings. The van der Waals surface area contributed by atoms with Crippen molar-refractivity contribution in [3.05, 3.63) is 29.3 Å². The van der Waals surface area contributed by atoms with Crippen LogP contribution in [0.15, 0.2) is 18.2 Å². The Bertz CT molecular complexity index is 419. The highest BCUT2D eigenvalue weighted by Gasteiger charge is 2.36. The van der Waals surface area contributed by atoms with E-state index < -0.39 is 0 Å². The van der Waals surface area contributed by atoms with Gasteiger partial charge in [0.2, 0.25) is 0 Å². The van der Waals surface area contributed by atoms with Crippen molar-refractivity contribution < 1.29 is 4.74 Å². The van der Waals surface area contributed by atoms with Gasteiger partial charge in [0.05, 0.1) is 7.11 Å². The Morgan fingerprint density at radius 3 is 2.78 bits per heavy atom. The van der Waals surface area contributed by atoms with Crippen LogP contribution in [0.2, 0.25) is 0 Å². The molecule has 18 heavy (non-hydrogen) atoms. The van der Waals surface area contributed by atoms with Gasteiger partial charge in [-0.25, -0.2) is 0 Å². The van der Waals surface area contributed by atoms with E-state index in [0.29, 0.717) is 6.54 Å². The normalized spacial score (nSPS) is 22.9. The molecule has 0 radical (unpaired) electrons. The molecule has 3 heteroatoms. The number of aryl methyl sites for hydroxylation is 1. The summed E-state index contributed by atoms with van der Waals surface area (Å²) in [5.74, 6) is 0.945. The number of hydrogen-bond acceptors (Lipinski definition) is 3. The second kappa shape index (κ2) is 5.29. The minimum atomic E-state index is 0.119. The fraction of sp³-hybridized carbons (Fsp3) is 0.600. The maximum Gasteiger partial charge on any atom is 0.119 e.